The van der Waals surface area contributed by atoms with Crippen LogP contribution in [0, 0.1) is 5.41 Å². The van der Waals surface area contributed by atoms with Crippen molar-refractivity contribution in [3.05, 3.63) is 48.2 Å². The summed E-state index contributed by atoms with van der Waals surface area (Å²) in [5, 5.41) is 0. The van der Waals surface area contributed by atoms with Gasteiger partial charge in [-0.05, 0) is 25.8 Å². The smallest absolute Gasteiger partial charge is 0.324 e. The topological polar surface area (TPSA) is 63.9 Å². The third-order valence-electron chi connectivity index (χ3n) is 3.40. The van der Waals surface area contributed by atoms with Crippen LogP contribution in [0.4, 0.5) is 0 Å². The predicted octanol–water partition coefficient (Wildman–Crippen LogP) is 3.00. The molecular formula is C19H25O5+. The quantitative estimate of drug-likeness (QED) is 0.229. The highest BCUT2D eigenvalue weighted by atomic mass is 16.6. The van der Waals surface area contributed by atoms with Crippen LogP contribution >= 0.6 is 0 Å². The van der Waals surface area contributed by atoms with Gasteiger partial charge in [0, 0.05) is 6.58 Å². The molecule has 0 N–H and O–H groups in total. The molecule has 24 heavy (non-hydrogen) atoms. The van der Waals surface area contributed by atoms with Gasteiger partial charge in [0.1, 0.15) is 0 Å². The van der Waals surface area contributed by atoms with Crippen LogP contribution in [0.2, 0.25) is 0 Å². The van der Waals surface area contributed by atoms with Gasteiger partial charge >= 0.3 is 17.7 Å². The Morgan fingerprint density at radius 2 is 1.67 bits per heavy atom. The summed E-state index contributed by atoms with van der Waals surface area (Å²) in [5.74, 6) is -0.765. The molecule has 0 aliphatic carbocycles. The molecule has 0 unspecified atom stereocenters. The van der Waals surface area contributed by atoms with Crippen molar-refractivity contribution in [1.82, 2.24) is 0 Å². The molecule has 0 radical (unpaired) electrons. The molecular weight excluding hydrogens is 308 g/mol. The third-order valence-corrected chi connectivity index (χ3v) is 3.40. The van der Waals surface area contributed by atoms with E-state index in [4.69, 9.17) is 13.9 Å². The Labute approximate surface area is 143 Å². The molecule has 0 bridgehead atoms. The zero-order chi connectivity index (χ0) is 18.0. The zero-order valence-corrected chi connectivity index (χ0v) is 14.5. The van der Waals surface area contributed by atoms with Crippen LogP contribution in [0.25, 0.3) is 0 Å². The lowest BCUT2D eigenvalue weighted by atomic mass is 9.79. The van der Waals surface area contributed by atoms with E-state index in [-0.39, 0.29) is 26.1 Å². The van der Waals surface area contributed by atoms with E-state index < -0.39 is 17.4 Å². The second kappa shape index (κ2) is 9.65. The molecule has 0 aromatic heterocycles. The third kappa shape index (κ3) is 5.33. The summed E-state index contributed by atoms with van der Waals surface area (Å²) >= 11 is 0. The summed E-state index contributed by atoms with van der Waals surface area (Å²) in [6, 6.07) is 9.28. The van der Waals surface area contributed by atoms with Crippen LogP contribution in [0.1, 0.15) is 32.8 Å². The van der Waals surface area contributed by atoms with Gasteiger partial charge in [0.25, 0.3) is 6.29 Å². The van der Waals surface area contributed by atoms with E-state index in [0.717, 1.165) is 5.56 Å². The molecule has 5 heteroatoms. The first-order chi connectivity index (χ1) is 11.5. The molecule has 130 valence electrons. The van der Waals surface area contributed by atoms with E-state index in [1.807, 2.05) is 30.3 Å². The monoisotopic (exact) mass is 333 g/mol. The van der Waals surface area contributed by atoms with Crippen molar-refractivity contribution < 1.29 is 23.5 Å². The van der Waals surface area contributed by atoms with Crippen LogP contribution in [0.3, 0.4) is 0 Å². The number of carbonyl (C=O) groups is 2. The summed E-state index contributed by atoms with van der Waals surface area (Å²) in [4.78, 5) is 25.3. The Kier molecular flexibility index (Phi) is 7.89. The molecule has 0 aliphatic rings. The maximum atomic E-state index is 12.6. The minimum absolute atomic E-state index is 0.0341. The van der Waals surface area contributed by atoms with Gasteiger partial charge in [-0.25, -0.2) is 4.42 Å². The summed E-state index contributed by atoms with van der Waals surface area (Å²) in [7, 11) is 0. The maximum absolute atomic E-state index is 12.6. The van der Waals surface area contributed by atoms with Gasteiger partial charge in [-0.3, -0.25) is 9.59 Å². The van der Waals surface area contributed by atoms with E-state index in [1.165, 1.54) is 6.29 Å². The lowest BCUT2D eigenvalue weighted by molar-refractivity contribution is -0.392. The lowest BCUT2D eigenvalue weighted by Crippen LogP contribution is -2.44. The zero-order valence-electron chi connectivity index (χ0n) is 14.5. The SMILES string of the molecule is C=C(C)[O+]=CCC(Cc1ccccc1)(C(=O)OCC)C(=O)OCC. The summed E-state index contributed by atoms with van der Waals surface area (Å²) < 4.78 is 15.6. The molecule has 0 spiro atoms. The molecule has 0 aliphatic heterocycles. The van der Waals surface area contributed by atoms with Crippen molar-refractivity contribution in [2.24, 2.45) is 5.41 Å². The van der Waals surface area contributed by atoms with Crippen LogP contribution < -0.4 is 0 Å². The Balaban J connectivity index is 3.26. The molecule has 1 aromatic rings. The Morgan fingerprint density at radius 1 is 1.12 bits per heavy atom. The number of benzene rings is 1. The summed E-state index contributed by atoms with van der Waals surface area (Å²) in [5.41, 5.74) is -0.648. The summed E-state index contributed by atoms with van der Waals surface area (Å²) in [6.07, 6.45) is 1.60. The van der Waals surface area contributed by atoms with Crippen LogP contribution in [-0.2, 0) is 29.9 Å². The van der Waals surface area contributed by atoms with Gasteiger partial charge in [-0.15, -0.1) is 0 Å². The van der Waals surface area contributed by atoms with E-state index in [1.54, 1.807) is 20.8 Å². The largest absolute Gasteiger partial charge is 0.465 e. The molecule has 0 fully saturated rings. The van der Waals surface area contributed by atoms with Crippen molar-refractivity contribution in [1.29, 1.82) is 0 Å². The van der Waals surface area contributed by atoms with Gasteiger partial charge in [0.05, 0.1) is 26.6 Å². The number of allylic oxidation sites excluding steroid dienone is 1. The van der Waals surface area contributed by atoms with Crippen molar-refractivity contribution in [3.63, 3.8) is 0 Å². The van der Waals surface area contributed by atoms with Gasteiger partial charge < -0.3 is 9.47 Å². The van der Waals surface area contributed by atoms with E-state index in [2.05, 4.69) is 6.58 Å². The lowest BCUT2D eigenvalue weighted by Gasteiger charge is -2.26. The van der Waals surface area contributed by atoms with E-state index in [0.29, 0.717) is 5.76 Å². The second-order valence-electron chi connectivity index (χ2n) is 5.38. The maximum Gasteiger partial charge on any atom is 0.324 e. The van der Waals surface area contributed by atoms with Crippen LogP contribution in [-0.4, -0.2) is 31.4 Å². The van der Waals surface area contributed by atoms with E-state index in [9.17, 15) is 9.59 Å². The Hall–Kier alpha value is -2.43. The number of esters is 2. The summed E-state index contributed by atoms with van der Waals surface area (Å²) in [6.45, 7) is 9.07. The minimum Gasteiger partial charge on any atom is -0.465 e. The highest BCUT2D eigenvalue weighted by molar-refractivity contribution is 6.02. The van der Waals surface area contributed by atoms with Crippen LogP contribution in [0.5, 0.6) is 0 Å². The van der Waals surface area contributed by atoms with E-state index >= 15 is 0 Å². The average Bonchev–Trinajstić information content (AvgIpc) is 2.55. The van der Waals surface area contributed by atoms with Gasteiger partial charge in [0.2, 0.25) is 0 Å². The molecule has 1 rings (SSSR count). The fourth-order valence-electron chi connectivity index (χ4n) is 2.28. The van der Waals surface area contributed by atoms with Crippen molar-refractivity contribution in [2.45, 2.75) is 33.6 Å². The second-order valence-corrected chi connectivity index (χ2v) is 5.38. The first kappa shape index (κ1) is 19.6. The number of ether oxygens (including phenoxy) is 2. The Bertz CT molecular complexity index is 571. The first-order valence-electron chi connectivity index (χ1n) is 7.98. The molecule has 1 aromatic carbocycles. The van der Waals surface area contributed by atoms with Crippen molar-refractivity contribution in [3.8, 4) is 0 Å². The van der Waals surface area contributed by atoms with Gasteiger partial charge in [0.15, 0.2) is 5.41 Å². The Morgan fingerprint density at radius 3 is 2.12 bits per heavy atom. The highest BCUT2D eigenvalue weighted by Crippen LogP contribution is 2.30. The number of carbonyl (C=O) groups excluding carboxylic acids is 3. The van der Waals surface area contributed by atoms with Crippen LogP contribution in [0.15, 0.2) is 42.7 Å². The standard InChI is InChI=1S/C19H25O5/c1-5-22-17(20)19(18(21)23-6-2,12-13-24-15(3)4)14-16-10-8-7-9-11-16/h7-11,13H,3,5-6,12,14H2,1-2,4H3/q+1. The van der Waals surface area contributed by atoms with Crippen molar-refractivity contribution in [2.75, 3.05) is 13.2 Å². The molecule has 0 heterocycles. The van der Waals surface area contributed by atoms with Crippen molar-refractivity contribution >= 4 is 18.2 Å². The number of hydrogen-bond acceptors (Lipinski definition) is 4. The fourth-order valence-corrected chi connectivity index (χ4v) is 2.28. The number of rotatable bonds is 9. The van der Waals surface area contributed by atoms with Gasteiger partial charge in [-0.1, -0.05) is 30.3 Å². The normalized spacial score (nSPS) is 11.3. The molecule has 0 amide bonds. The minimum atomic E-state index is -1.48. The predicted molar refractivity (Wildman–Crippen MR) is 91.3 cm³/mol. The number of aldehydes is 1. The molecule has 0 atom stereocenters. The first-order valence-corrected chi connectivity index (χ1v) is 7.98. The molecule has 0 saturated carbocycles. The molecule has 5 nitrogen and oxygen atoms in total. The number of hydrogen-bond donors (Lipinski definition) is 0. The highest BCUT2D eigenvalue weighted by Gasteiger charge is 2.50. The fraction of sp³-hybridized carbons (Fsp3) is 0.421. The average molecular weight is 333 g/mol. The molecule has 0 saturated heterocycles. The van der Waals surface area contributed by atoms with Gasteiger partial charge in [-0.2, -0.15) is 0 Å².